The Morgan fingerprint density at radius 2 is 1.83 bits per heavy atom. The maximum Gasteiger partial charge on any atom is 0.451 e. The van der Waals surface area contributed by atoms with E-state index in [2.05, 4.69) is 15.3 Å². The van der Waals surface area contributed by atoms with E-state index in [9.17, 15) is 17.6 Å². The Morgan fingerprint density at radius 1 is 1.04 bits per heavy atom. The summed E-state index contributed by atoms with van der Waals surface area (Å²) in [6.07, 6.45) is -4.71. The second-order valence-electron chi connectivity index (χ2n) is 4.91. The zero-order chi connectivity index (χ0) is 17.3. The first-order valence-corrected chi connectivity index (χ1v) is 6.82. The molecule has 1 heterocycles. The molecule has 0 saturated heterocycles. The number of hydrogen-bond donors (Lipinski definition) is 1. The molecular weight excluding hydrogens is 326 g/mol. The predicted octanol–water partition coefficient (Wildman–Crippen LogP) is 4.54. The summed E-state index contributed by atoms with van der Waals surface area (Å²) in [5, 5.41) is 2.91. The molecule has 2 aromatic carbocycles. The third-order valence-electron chi connectivity index (χ3n) is 3.24. The average Bonchev–Trinajstić information content (AvgIpc) is 2.54. The lowest BCUT2D eigenvalue weighted by Gasteiger charge is -2.13. The van der Waals surface area contributed by atoms with Crippen LogP contribution in [-0.4, -0.2) is 17.1 Å². The number of methoxy groups -OCH3 is 1. The molecule has 8 heteroatoms. The molecule has 1 aromatic heterocycles. The van der Waals surface area contributed by atoms with Gasteiger partial charge in [-0.3, -0.25) is 0 Å². The van der Waals surface area contributed by atoms with Crippen molar-refractivity contribution in [1.29, 1.82) is 0 Å². The number of ether oxygens (including phenoxy) is 1. The van der Waals surface area contributed by atoms with Crippen LogP contribution in [0.3, 0.4) is 0 Å². The van der Waals surface area contributed by atoms with E-state index in [0.29, 0.717) is 11.4 Å². The minimum Gasteiger partial charge on any atom is -0.497 e. The zero-order valence-electron chi connectivity index (χ0n) is 12.4. The minimum atomic E-state index is -4.71. The highest BCUT2D eigenvalue weighted by Gasteiger charge is 2.35. The molecule has 3 rings (SSSR count). The Hall–Kier alpha value is -2.90. The first-order chi connectivity index (χ1) is 11.4. The molecule has 0 bridgehead atoms. The largest absolute Gasteiger partial charge is 0.497 e. The number of hydrogen-bond acceptors (Lipinski definition) is 4. The molecule has 0 radical (unpaired) electrons. The van der Waals surface area contributed by atoms with Gasteiger partial charge in [0, 0.05) is 17.1 Å². The van der Waals surface area contributed by atoms with E-state index in [1.165, 1.54) is 13.2 Å². The maximum atomic E-state index is 13.5. The van der Waals surface area contributed by atoms with Gasteiger partial charge in [0.1, 0.15) is 17.4 Å². The summed E-state index contributed by atoms with van der Waals surface area (Å²) in [7, 11) is 1.47. The molecule has 24 heavy (non-hydrogen) atoms. The summed E-state index contributed by atoms with van der Waals surface area (Å²) in [4.78, 5) is 6.97. The third kappa shape index (κ3) is 3.22. The fourth-order valence-corrected chi connectivity index (χ4v) is 2.16. The monoisotopic (exact) mass is 337 g/mol. The van der Waals surface area contributed by atoms with Crippen LogP contribution in [0.1, 0.15) is 5.82 Å². The van der Waals surface area contributed by atoms with Crippen molar-refractivity contribution in [3.05, 3.63) is 54.1 Å². The van der Waals surface area contributed by atoms with Crippen LogP contribution in [0.15, 0.2) is 42.5 Å². The molecule has 0 fully saturated rings. The zero-order valence-corrected chi connectivity index (χ0v) is 12.4. The summed E-state index contributed by atoms with van der Waals surface area (Å²) < 4.78 is 57.5. The Bertz CT molecular complexity index is 896. The van der Waals surface area contributed by atoms with E-state index in [1.807, 2.05) is 0 Å². The third-order valence-corrected chi connectivity index (χ3v) is 3.24. The number of fused-ring (bicyclic) bond motifs is 1. The normalized spacial score (nSPS) is 11.5. The lowest BCUT2D eigenvalue weighted by molar-refractivity contribution is -0.144. The number of anilines is 2. The first kappa shape index (κ1) is 16.0. The number of rotatable bonds is 3. The van der Waals surface area contributed by atoms with Gasteiger partial charge in [0.25, 0.3) is 0 Å². The molecule has 0 aliphatic carbocycles. The number of nitrogens with one attached hydrogen (secondary N) is 1. The summed E-state index contributed by atoms with van der Waals surface area (Å²) >= 11 is 0. The molecule has 0 aliphatic rings. The molecule has 3 aromatic rings. The van der Waals surface area contributed by atoms with Gasteiger partial charge < -0.3 is 10.1 Å². The first-order valence-electron chi connectivity index (χ1n) is 6.82. The van der Waals surface area contributed by atoms with Gasteiger partial charge in [-0.2, -0.15) is 13.2 Å². The van der Waals surface area contributed by atoms with Gasteiger partial charge in [-0.05, 0) is 30.3 Å². The minimum absolute atomic E-state index is 0.0101. The van der Waals surface area contributed by atoms with Crippen LogP contribution in [0.2, 0.25) is 0 Å². The van der Waals surface area contributed by atoms with Gasteiger partial charge in [0.2, 0.25) is 5.82 Å². The summed E-state index contributed by atoms with van der Waals surface area (Å²) in [5.41, 5.74) is 0.441. The van der Waals surface area contributed by atoms with Crippen molar-refractivity contribution >= 4 is 22.4 Å². The van der Waals surface area contributed by atoms with E-state index >= 15 is 0 Å². The number of halogens is 4. The van der Waals surface area contributed by atoms with Crippen molar-refractivity contribution in [2.24, 2.45) is 0 Å². The summed E-state index contributed by atoms with van der Waals surface area (Å²) in [5.74, 6) is -1.52. The second kappa shape index (κ2) is 5.95. The predicted molar refractivity (Wildman–Crippen MR) is 80.8 cm³/mol. The molecule has 1 N–H and O–H groups in total. The van der Waals surface area contributed by atoms with Crippen LogP contribution in [0, 0.1) is 5.82 Å². The SMILES string of the molecule is COc1cccc(Nc2nc(C(F)(F)F)nc3ccc(F)cc23)c1. The number of nitrogens with zero attached hydrogens (tertiary/aromatic N) is 2. The van der Waals surface area contributed by atoms with Crippen molar-refractivity contribution in [3.63, 3.8) is 0 Å². The Balaban J connectivity index is 2.14. The highest BCUT2D eigenvalue weighted by Crippen LogP contribution is 2.32. The Morgan fingerprint density at radius 3 is 2.54 bits per heavy atom. The maximum absolute atomic E-state index is 13.5. The van der Waals surface area contributed by atoms with Gasteiger partial charge >= 0.3 is 6.18 Å². The van der Waals surface area contributed by atoms with Gasteiger partial charge in [0.05, 0.1) is 12.6 Å². The van der Waals surface area contributed by atoms with E-state index in [1.54, 1.807) is 24.3 Å². The molecule has 0 spiro atoms. The molecule has 124 valence electrons. The van der Waals surface area contributed by atoms with Crippen LogP contribution >= 0.6 is 0 Å². The van der Waals surface area contributed by atoms with Crippen LogP contribution in [0.25, 0.3) is 10.9 Å². The molecule has 0 unspecified atom stereocenters. The van der Waals surface area contributed by atoms with Crippen molar-refractivity contribution in [3.8, 4) is 5.75 Å². The quantitative estimate of drug-likeness (QED) is 0.713. The molecule has 0 aliphatic heterocycles. The smallest absolute Gasteiger partial charge is 0.451 e. The van der Waals surface area contributed by atoms with E-state index < -0.39 is 17.8 Å². The highest BCUT2D eigenvalue weighted by molar-refractivity contribution is 5.91. The van der Waals surface area contributed by atoms with Crippen molar-refractivity contribution in [2.45, 2.75) is 6.18 Å². The van der Waals surface area contributed by atoms with Gasteiger partial charge in [-0.1, -0.05) is 6.07 Å². The number of aromatic nitrogens is 2. The van der Waals surface area contributed by atoms with Crippen LogP contribution in [0.4, 0.5) is 29.1 Å². The van der Waals surface area contributed by atoms with Crippen molar-refractivity contribution in [2.75, 3.05) is 12.4 Å². The molecule has 0 amide bonds. The van der Waals surface area contributed by atoms with E-state index in [-0.39, 0.29) is 16.7 Å². The Kier molecular flexibility index (Phi) is 3.96. The number of alkyl halides is 3. The number of benzene rings is 2. The standard InChI is InChI=1S/C16H11F4N3O/c1-24-11-4-2-3-10(8-11)21-14-12-7-9(17)5-6-13(12)22-15(23-14)16(18,19)20/h2-8H,1H3,(H,21,22,23). The molecule has 0 atom stereocenters. The Labute approximate surface area is 134 Å². The summed E-state index contributed by atoms with van der Waals surface area (Å²) in [6, 6.07) is 9.87. The lowest BCUT2D eigenvalue weighted by atomic mass is 10.2. The van der Waals surface area contributed by atoms with Gasteiger partial charge in [-0.25, -0.2) is 14.4 Å². The van der Waals surface area contributed by atoms with Crippen LogP contribution in [-0.2, 0) is 6.18 Å². The fourth-order valence-electron chi connectivity index (χ4n) is 2.16. The van der Waals surface area contributed by atoms with Gasteiger partial charge in [-0.15, -0.1) is 0 Å². The molecule has 0 saturated carbocycles. The van der Waals surface area contributed by atoms with E-state index in [4.69, 9.17) is 4.74 Å². The summed E-state index contributed by atoms with van der Waals surface area (Å²) in [6.45, 7) is 0. The lowest BCUT2D eigenvalue weighted by Crippen LogP contribution is -2.12. The average molecular weight is 337 g/mol. The fraction of sp³-hybridized carbons (Fsp3) is 0.125. The van der Waals surface area contributed by atoms with Gasteiger partial charge in [0.15, 0.2) is 0 Å². The highest BCUT2D eigenvalue weighted by atomic mass is 19.4. The molecular formula is C16H11F4N3O. The topological polar surface area (TPSA) is 47.0 Å². The second-order valence-corrected chi connectivity index (χ2v) is 4.91. The van der Waals surface area contributed by atoms with Crippen LogP contribution < -0.4 is 10.1 Å². The van der Waals surface area contributed by atoms with E-state index in [0.717, 1.165) is 12.1 Å². The van der Waals surface area contributed by atoms with Crippen molar-refractivity contribution in [1.82, 2.24) is 9.97 Å². The van der Waals surface area contributed by atoms with Crippen molar-refractivity contribution < 1.29 is 22.3 Å². The van der Waals surface area contributed by atoms with Crippen LogP contribution in [0.5, 0.6) is 5.75 Å². The molecule has 4 nitrogen and oxygen atoms in total.